The van der Waals surface area contributed by atoms with Crippen molar-refractivity contribution in [2.24, 2.45) is 0 Å². The van der Waals surface area contributed by atoms with Crippen molar-refractivity contribution in [3.05, 3.63) is 66.2 Å². The zero-order valence-corrected chi connectivity index (χ0v) is 17.7. The number of hydrogen-bond donors (Lipinski definition) is 0. The summed E-state index contributed by atoms with van der Waals surface area (Å²) in [6.07, 6.45) is 12.3. The largest absolute Gasteiger partial charge is 0.546 e. The van der Waals surface area contributed by atoms with Crippen LogP contribution in [0.4, 0.5) is 0 Å². The minimum absolute atomic E-state index is 1.07. The van der Waals surface area contributed by atoms with E-state index in [9.17, 15) is 0 Å². The van der Waals surface area contributed by atoms with Gasteiger partial charge < -0.3 is 4.43 Å². The van der Waals surface area contributed by atoms with Crippen molar-refractivity contribution in [2.75, 3.05) is 0 Å². The average Bonchev–Trinajstić information content (AvgIpc) is 2.69. The fraction of sp³-hybridized carbons (Fsp3) is 0.500. The summed E-state index contributed by atoms with van der Waals surface area (Å²) in [6.45, 7) is 2.28. The lowest BCUT2D eigenvalue weighted by Gasteiger charge is -2.18. The molecule has 0 saturated heterocycles. The molecule has 2 aromatic rings. The van der Waals surface area contributed by atoms with Crippen LogP contribution in [0.25, 0.3) is 0 Å². The molecule has 0 spiro atoms. The Morgan fingerprint density at radius 1 is 0.654 bits per heavy atom. The van der Waals surface area contributed by atoms with Crippen LogP contribution in [0.15, 0.2) is 60.7 Å². The molecule has 2 heteroatoms. The predicted octanol–water partition coefficient (Wildman–Crippen LogP) is 7.17. The Hall–Kier alpha value is -1.54. The molecule has 0 bridgehead atoms. The third-order valence-corrected chi connectivity index (χ3v) is 7.61. The average molecular weight is 369 g/mol. The van der Waals surface area contributed by atoms with Gasteiger partial charge in [0.1, 0.15) is 5.75 Å². The molecular formula is C24H36OSi. The molecule has 0 aliphatic heterocycles. The van der Waals surface area contributed by atoms with Crippen molar-refractivity contribution < 1.29 is 4.43 Å². The van der Waals surface area contributed by atoms with Gasteiger partial charge in [0.05, 0.1) is 0 Å². The second-order valence-electron chi connectivity index (χ2n) is 7.34. The van der Waals surface area contributed by atoms with Gasteiger partial charge in [-0.15, -0.1) is 0 Å². The monoisotopic (exact) mass is 368 g/mol. The van der Waals surface area contributed by atoms with Gasteiger partial charge >= 0.3 is 0 Å². The summed E-state index contributed by atoms with van der Waals surface area (Å²) in [4.78, 5) is 0. The lowest BCUT2D eigenvalue weighted by Crippen LogP contribution is -2.22. The molecule has 2 rings (SSSR count). The quantitative estimate of drug-likeness (QED) is 0.253. The van der Waals surface area contributed by atoms with Crippen molar-refractivity contribution >= 4 is 9.04 Å². The van der Waals surface area contributed by atoms with Crippen molar-refractivity contribution in [3.63, 3.8) is 0 Å². The molecule has 0 N–H and O–H groups in total. The number of rotatable bonds is 14. The summed E-state index contributed by atoms with van der Waals surface area (Å²) in [5.74, 6) is 1.07. The van der Waals surface area contributed by atoms with Crippen molar-refractivity contribution in [1.82, 2.24) is 0 Å². The smallest absolute Gasteiger partial charge is 0.235 e. The molecule has 26 heavy (non-hydrogen) atoms. The Labute approximate surface area is 162 Å². The highest BCUT2D eigenvalue weighted by molar-refractivity contribution is 6.52. The number of para-hydroxylation sites is 1. The second-order valence-corrected chi connectivity index (χ2v) is 9.98. The fourth-order valence-electron chi connectivity index (χ4n) is 3.43. The number of unbranched alkanes of at least 4 members (excludes halogenated alkanes) is 7. The Bertz CT molecular complexity index is 555. The van der Waals surface area contributed by atoms with Gasteiger partial charge in [0, 0.05) is 0 Å². The zero-order valence-electron chi connectivity index (χ0n) is 16.5. The Kier molecular flexibility index (Phi) is 10.9. The summed E-state index contributed by atoms with van der Waals surface area (Å²) in [5, 5.41) is 0. The van der Waals surface area contributed by atoms with Crippen molar-refractivity contribution in [2.45, 2.75) is 76.8 Å². The minimum Gasteiger partial charge on any atom is -0.546 e. The highest BCUT2D eigenvalue weighted by Crippen LogP contribution is 2.18. The van der Waals surface area contributed by atoms with E-state index >= 15 is 0 Å². The van der Waals surface area contributed by atoms with Gasteiger partial charge in [-0.25, -0.2) is 0 Å². The van der Waals surface area contributed by atoms with Crippen LogP contribution in [0.5, 0.6) is 5.75 Å². The van der Waals surface area contributed by atoms with Gasteiger partial charge in [-0.3, -0.25) is 0 Å². The highest BCUT2D eigenvalue weighted by Gasteiger charge is 2.14. The molecule has 0 fully saturated rings. The third kappa shape index (κ3) is 9.24. The summed E-state index contributed by atoms with van der Waals surface area (Å²) in [5.41, 5.74) is 1.44. The van der Waals surface area contributed by atoms with Gasteiger partial charge in [0.15, 0.2) is 0 Å². The van der Waals surface area contributed by atoms with Crippen molar-refractivity contribution in [3.8, 4) is 5.75 Å². The Morgan fingerprint density at radius 3 is 1.88 bits per heavy atom. The number of hydrogen-bond acceptors (Lipinski definition) is 1. The standard InChI is InChI=1S/C24H36OSi/c1-2-3-4-5-6-7-8-15-21-26(25-24-18-13-10-14-19-24)22-20-23-16-11-9-12-17-23/h9-14,16-19,26H,2-8,15,20-22H2,1H3. The molecule has 0 aliphatic carbocycles. The molecule has 0 amide bonds. The summed E-state index contributed by atoms with van der Waals surface area (Å²) in [6, 6.07) is 23.8. The molecule has 0 heterocycles. The molecule has 0 aromatic heterocycles. The van der Waals surface area contributed by atoms with Crippen LogP contribution in [0.2, 0.25) is 12.1 Å². The van der Waals surface area contributed by atoms with Gasteiger partial charge in [-0.1, -0.05) is 107 Å². The molecule has 142 valence electrons. The molecular weight excluding hydrogens is 332 g/mol. The predicted molar refractivity (Wildman–Crippen MR) is 117 cm³/mol. The molecule has 1 atom stereocenters. The van der Waals surface area contributed by atoms with Crippen LogP contribution < -0.4 is 4.43 Å². The first-order valence-electron chi connectivity index (χ1n) is 10.6. The lowest BCUT2D eigenvalue weighted by atomic mass is 10.1. The Balaban J connectivity index is 1.71. The van der Waals surface area contributed by atoms with Gasteiger partial charge in [0.2, 0.25) is 9.04 Å². The molecule has 0 saturated carbocycles. The topological polar surface area (TPSA) is 9.23 Å². The Morgan fingerprint density at radius 2 is 1.23 bits per heavy atom. The molecule has 1 unspecified atom stereocenters. The van der Waals surface area contributed by atoms with E-state index in [1.54, 1.807) is 0 Å². The van der Waals surface area contributed by atoms with Crippen LogP contribution in [0.3, 0.4) is 0 Å². The summed E-state index contributed by atoms with van der Waals surface area (Å²) >= 11 is 0. The maximum absolute atomic E-state index is 6.43. The normalized spacial score (nSPS) is 12.0. The van der Waals surface area contributed by atoms with E-state index < -0.39 is 9.04 Å². The first-order valence-corrected chi connectivity index (χ1v) is 12.7. The minimum atomic E-state index is -1.20. The van der Waals surface area contributed by atoms with E-state index in [0.717, 1.165) is 12.2 Å². The molecule has 0 radical (unpaired) electrons. The van der Waals surface area contributed by atoms with Crippen LogP contribution >= 0.6 is 0 Å². The van der Waals surface area contributed by atoms with Gasteiger partial charge in [-0.05, 0) is 36.2 Å². The SMILES string of the molecule is CCCCCCCCCC[SiH](CCc1ccccc1)Oc1ccccc1. The van der Waals surface area contributed by atoms with Crippen LogP contribution in [-0.2, 0) is 6.42 Å². The maximum atomic E-state index is 6.43. The highest BCUT2D eigenvalue weighted by atomic mass is 28.3. The third-order valence-electron chi connectivity index (χ3n) is 5.02. The molecule has 2 aromatic carbocycles. The van der Waals surface area contributed by atoms with E-state index in [0.29, 0.717) is 0 Å². The van der Waals surface area contributed by atoms with Crippen molar-refractivity contribution in [1.29, 1.82) is 0 Å². The molecule has 1 nitrogen and oxygen atoms in total. The van der Waals surface area contributed by atoms with E-state index in [1.165, 1.54) is 69.0 Å². The first-order chi connectivity index (χ1) is 12.9. The number of aryl methyl sites for hydroxylation is 1. The van der Waals surface area contributed by atoms with E-state index in [2.05, 4.69) is 67.6 Å². The van der Waals surface area contributed by atoms with Gasteiger partial charge in [-0.2, -0.15) is 0 Å². The fourth-order valence-corrected chi connectivity index (χ4v) is 5.90. The van der Waals surface area contributed by atoms with E-state index in [1.807, 2.05) is 0 Å². The summed E-state index contributed by atoms with van der Waals surface area (Å²) in [7, 11) is -1.20. The van der Waals surface area contributed by atoms with E-state index in [-0.39, 0.29) is 0 Å². The van der Waals surface area contributed by atoms with Crippen LogP contribution in [0, 0.1) is 0 Å². The molecule has 0 aliphatic rings. The zero-order chi connectivity index (χ0) is 18.3. The van der Waals surface area contributed by atoms with Gasteiger partial charge in [0.25, 0.3) is 0 Å². The summed E-state index contributed by atoms with van der Waals surface area (Å²) < 4.78 is 6.43. The van der Waals surface area contributed by atoms with Crippen LogP contribution in [0.1, 0.15) is 63.9 Å². The van der Waals surface area contributed by atoms with E-state index in [4.69, 9.17) is 4.43 Å². The number of benzene rings is 2. The van der Waals surface area contributed by atoms with Crippen LogP contribution in [-0.4, -0.2) is 9.04 Å². The maximum Gasteiger partial charge on any atom is 0.235 e. The second kappa shape index (κ2) is 13.6. The lowest BCUT2D eigenvalue weighted by molar-refractivity contribution is 0.545. The first kappa shape index (κ1) is 20.8.